The maximum Gasteiger partial charge on any atom is 0.336 e. The molecule has 17 heavy (non-hydrogen) atoms. The standard InChI is InChI=1S/C13H8N2O2/c16-13(17)10-7-8-3-1-5-14-11(8)12-9(10)4-2-6-15-12/h1-7H,(H,16,17). The molecule has 0 atom stereocenters. The molecular formula is C13H8N2O2. The summed E-state index contributed by atoms with van der Waals surface area (Å²) in [6.07, 6.45) is 3.32. The zero-order chi connectivity index (χ0) is 11.8. The van der Waals surface area contributed by atoms with Crippen LogP contribution in [-0.4, -0.2) is 21.0 Å². The third kappa shape index (κ3) is 1.42. The van der Waals surface area contributed by atoms with Crippen LogP contribution < -0.4 is 0 Å². The first-order valence-electron chi connectivity index (χ1n) is 5.13. The van der Waals surface area contributed by atoms with Gasteiger partial charge in [-0.15, -0.1) is 0 Å². The molecule has 1 aromatic carbocycles. The molecule has 0 saturated carbocycles. The van der Waals surface area contributed by atoms with E-state index in [-0.39, 0.29) is 5.56 Å². The lowest BCUT2D eigenvalue weighted by atomic mass is 10.0. The first-order valence-corrected chi connectivity index (χ1v) is 5.13. The van der Waals surface area contributed by atoms with Gasteiger partial charge in [-0.1, -0.05) is 12.1 Å². The smallest absolute Gasteiger partial charge is 0.336 e. The molecule has 2 aromatic heterocycles. The minimum absolute atomic E-state index is 0.258. The second-order valence-electron chi connectivity index (χ2n) is 3.70. The molecule has 3 aromatic rings. The Labute approximate surface area is 96.6 Å². The summed E-state index contributed by atoms with van der Waals surface area (Å²) in [7, 11) is 0. The summed E-state index contributed by atoms with van der Waals surface area (Å²) >= 11 is 0. The van der Waals surface area contributed by atoms with Crippen molar-refractivity contribution >= 4 is 27.8 Å². The molecule has 4 nitrogen and oxygen atoms in total. The van der Waals surface area contributed by atoms with Gasteiger partial charge in [0.05, 0.1) is 16.6 Å². The van der Waals surface area contributed by atoms with Crippen LogP contribution in [0.15, 0.2) is 42.7 Å². The van der Waals surface area contributed by atoms with E-state index in [1.165, 1.54) is 0 Å². The SMILES string of the molecule is O=C(O)c1cc2cccnc2c2ncccc12. The van der Waals surface area contributed by atoms with Crippen LogP contribution in [0.4, 0.5) is 0 Å². The molecular weight excluding hydrogens is 216 g/mol. The van der Waals surface area contributed by atoms with Crippen molar-refractivity contribution in [2.24, 2.45) is 0 Å². The van der Waals surface area contributed by atoms with E-state index >= 15 is 0 Å². The third-order valence-electron chi connectivity index (χ3n) is 2.69. The van der Waals surface area contributed by atoms with E-state index in [4.69, 9.17) is 0 Å². The van der Waals surface area contributed by atoms with Crippen molar-refractivity contribution in [2.45, 2.75) is 0 Å². The number of carboxylic acid groups (broad SMARTS) is 1. The Morgan fingerprint density at radius 2 is 1.76 bits per heavy atom. The van der Waals surface area contributed by atoms with E-state index in [1.807, 2.05) is 6.07 Å². The number of aromatic nitrogens is 2. The second kappa shape index (κ2) is 3.52. The molecule has 0 aliphatic rings. The first-order chi connectivity index (χ1) is 8.27. The van der Waals surface area contributed by atoms with Crippen molar-refractivity contribution in [1.82, 2.24) is 9.97 Å². The van der Waals surface area contributed by atoms with E-state index in [0.29, 0.717) is 10.9 Å². The van der Waals surface area contributed by atoms with Gasteiger partial charge < -0.3 is 5.11 Å². The molecule has 82 valence electrons. The van der Waals surface area contributed by atoms with Crippen LogP contribution in [-0.2, 0) is 0 Å². The number of aromatic carboxylic acids is 1. The first kappa shape index (κ1) is 9.72. The van der Waals surface area contributed by atoms with Crippen molar-refractivity contribution in [3.8, 4) is 0 Å². The largest absolute Gasteiger partial charge is 0.478 e. The average molecular weight is 224 g/mol. The summed E-state index contributed by atoms with van der Waals surface area (Å²) in [5.41, 5.74) is 1.62. The van der Waals surface area contributed by atoms with Crippen molar-refractivity contribution in [2.75, 3.05) is 0 Å². The summed E-state index contributed by atoms with van der Waals surface area (Å²) < 4.78 is 0. The van der Waals surface area contributed by atoms with Gasteiger partial charge in [0.15, 0.2) is 0 Å². The zero-order valence-corrected chi connectivity index (χ0v) is 8.79. The summed E-state index contributed by atoms with van der Waals surface area (Å²) in [6, 6.07) is 8.73. The van der Waals surface area contributed by atoms with Gasteiger partial charge in [0.1, 0.15) is 0 Å². The highest BCUT2D eigenvalue weighted by Crippen LogP contribution is 2.25. The van der Waals surface area contributed by atoms with Crippen molar-refractivity contribution in [3.05, 3.63) is 48.3 Å². The van der Waals surface area contributed by atoms with Gasteiger partial charge in [0, 0.05) is 23.2 Å². The number of carbonyl (C=O) groups is 1. The van der Waals surface area contributed by atoms with Crippen LogP contribution in [0, 0.1) is 0 Å². The van der Waals surface area contributed by atoms with Crippen LogP contribution in [0.25, 0.3) is 21.8 Å². The lowest BCUT2D eigenvalue weighted by molar-refractivity contribution is 0.0699. The minimum atomic E-state index is -0.950. The van der Waals surface area contributed by atoms with Crippen LogP contribution in [0.2, 0.25) is 0 Å². The molecule has 0 aliphatic carbocycles. The lowest BCUT2D eigenvalue weighted by Crippen LogP contribution is -1.99. The third-order valence-corrected chi connectivity index (χ3v) is 2.69. The molecule has 3 rings (SSSR count). The fourth-order valence-electron chi connectivity index (χ4n) is 1.95. The molecule has 0 saturated heterocycles. The summed E-state index contributed by atoms with van der Waals surface area (Å²) in [5, 5.41) is 10.6. The van der Waals surface area contributed by atoms with Crippen LogP contribution >= 0.6 is 0 Å². The molecule has 0 spiro atoms. The average Bonchev–Trinajstić information content (AvgIpc) is 2.37. The van der Waals surface area contributed by atoms with Crippen LogP contribution in [0.3, 0.4) is 0 Å². The van der Waals surface area contributed by atoms with Crippen LogP contribution in [0.5, 0.6) is 0 Å². The maximum absolute atomic E-state index is 11.2. The predicted octanol–water partition coefficient (Wildman–Crippen LogP) is 2.48. The van der Waals surface area contributed by atoms with Gasteiger partial charge in [-0.3, -0.25) is 9.97 Å². The number of fused-ring (bicyclic) bond motifs is 3. The normalized spacial score (nSPS) is 10.8. The fourth-order valence-corrected chi connectivity index (χ4v) is 1.95. The van der Waals surface area contributed by atoms with Crippen molar-refractivity contribution in [1.29, 1.82) is 0 Å². The summed E-state index contributed by atoms with van der Waals surface area (Å²) in [6.45, 7) is 0. The van der Waals surface area contributed by atoms with Gasteiger partial charge in [-0.25, -0.2) is 4.79 Å². The molecule has 2 heterocycles. The highest BCUT2D eigenvalue weighted by atomic mass is 16.4. The molecule has 0 unspecified atom stereocenters. The highest BCUT2D eigenvalue weighted by Gasteiger charge is 2.12. The van der Waals surface area contributed by atoms with E-state index in [1.54, 1.807) is 36.7 Å². The molecule has 0 aliphatic heterocycles. The van der Waals surface area contributed by atoms with Gasteiger partial charge in [0.2, 0.25) is 0 Å². The molecule has 0 fully saturated rings. The molecule has 4 heteroatoms. The van der Waals surface area contributed by atoms with Crippen molar-refractivity contribution in [3.63, 3.8) is 0 Å². The Bertz CT molecular complexity index is 738. The van der Waals surface area contributed by atoms with E-state index < -0.39 is 5.97 Å². The predicted molar refractivity (Wildman–Crippen MR) is 64.0 cm³/mol. The topological polar surface area (TPSA) is 63.1 Å². The number of hydrogen-bond donors (Lipinski definition) is 1. The lowest BCUT2D eigenvalue weighted by Gasteiger charge is -2.05. The Balaban J connectivity index is 2.59. The van der Waals surface area contributed by atoms with E-state index in [9.17, 15) is 9.90 Å². The zero-order valence-electron chi connectivity index (χ0n) is 8.79. The van der Waals surface area contributed by atoms with Crippen molar-refractivity contribution < 1.29 is 9.90 Å². The molecule has 0 amide bonds. The molecule has 0 bridgehead atoms. The number of pyridine rings is 2. The highest BCUT2D eigenvalue weighted by molar-refractivity contribution is 6.12. The Morgan fingerprint density at radius 1 is 1.06 bits per heavy atom. The minimum Gasteiger partial charge on any atom is -0.478 e. The Hall–Kier alpha value is -2.49. The summed E-state index contributed by atoms with van der Waals surface area (Å²) in [4.78, 5) is 19.7. The van der Waals surface area contributed by atoms with Gasteiger partial charge in [0.25, 0.3) is 0 Å². The monoisotopic (exact) mass is 224 g/mol. The van der Waals surface area contributed by atoms with Gasteiger partial charge in [-0.05, 0) is 18.2 Å². The van der Waals surface area contributed by atoms with Gasteiger partial charge in [-0.2, -0.15) is 0 Å². The number of benzene rings is 1. The Morgan fingerprint density at radius 3 is 2.53 bits per heavy atom. The second-order valence-corrected chi connectivity index (χ2v) is 3.70. The molecule has 0 radical (unpaired) electrons. The van der Waals surface area contributed by atoms with E-state index in [0.717, 1.165) is 10.9 Å². The van der Waals surface area contributed by atoms with Crippen LogP contribution in [0.1, 0.15) is 10.4 Å². The Kier molecular flexibility index (Phi) is 2.01. The number of hydrogen-bond acceptors (Lipinski definition) is 3. The van der Waals surface area contributed by atoms with Gasteiger partial charge >= 0.3 is 5.97 Å². The number of nitrogens with zero attached hydrogens (tertiary/aromatic N) is 2. The number of rotatable bonds is 1. The molecule has 1 N–H and O–H groups in total. The summed E-state index contributed by atoms with van der Waals surface area (Å²) in [5.74, 6) is -0.950. The van der Waals surface area contributed by atoms with E-state index in [2.05, 4.69) is 9.97 Å². The quantitative estimate of drug-likeness (QED) is 0.645. The fraction of sp³-hybridized carbons (Fsp3) is 0. The maximum atomic E-state index is 11.2. The number of carboxylic acids is 1.